The van der Waals surface area contributed by atoms with Gasteiger partial charge in [0.25, 0.3) is 0 Å². The van der Waals surface area contributed by atoms with Crippen molar-refractivity contribution in [2.75, 3.05) is 0 Å². The normalized spacial score (nSPS) is 0. The SMILES string of the molecule is [ClH2+].[La+3].[O-2].[O-2]. The van der Waals surface area contributed by atoms with E-state index < -0.39 is 0 Å². The summed E-state index contributed by atoms with van der Waals surface area (Å²) in [6, 6.07) is 0. The van der Waals surface area contributed by atoms with Crippen LogP contribution in [0.5, 0.6) is 0 Å². The van der Waals surface area contributed by atoms with Gasteiger partial charge in [-0.15, -0.1) is 0 Å². The van der Waals surface area contributed by atoms with Crippen LogP contribution >= 0.6 is 0 Å². The van der Waals surface area contributed by atoms with Gasteiger partial charge in [-0.3, -0.25) is 0 Å². The van der Waals surface area contributed by atoms with Gasteiger partial charge >= 0.3 is 35.6 Å². The molecular formula is H2ClLaO2. The van der Waals surface area contributed by atoms with Crippen molar-refractivity contribution in [3.8, 4) is 0 Å². The minimum absolute atomic E-state index is 0. The van der Waals surface area contributed by atoms with Gasteiger partial charge in [0.15, 0.2) is 0 Å². The molecule has 24 valence electrons. The van der Waals surface area contributed by atoms with Crippen LogP contribution in [0.4, 0.5) is 0 Å². The first-order valence-corrected chi connectivity index (χ1v) is 0. The molecule has 0 heterocycles. The van der Waals surface area contributed by atoms with E-state index in [-0.39, 0.29) is 59.0 Å². The van der Waals surface area contributed by atoms with Gasteiger partial charge in [-0.25, -0.2) is 0 Å². The predicted octanol–water partition coefficient (Wildman–Crippen LogP) is -0.773. The Morgan fingerprint density at radius 3 is 0.750 bits per heavy atom. The Morgan fingerprint density at radius 2 is 0.750 bits per heavy atom. The second-order valence-electron chi connectivity index (χ2n) is 0. The number of hydrogen-bond acceptors (Lipinski definition) is 0. The molecule has 0 saturated carbocycles. The van der Waals surface area contributed by atoms with Crippen molar-refractivity contribution in [3.05, 3.63) is 0 Å². The van der Waals surface area contributed by atoms with Crippen LogP contribution in [0.2, 0.25) is 0 Å². The molecule has 0 amide bonds. The van der Waals surface area contributed by atoms with E-state index in [9.17, 15) is 0 Å². The number of rotatable bonds is 0. The molecule has 0 radical (unpaired) electrons. The fourth-order valence-electron chi connectivity index (χ4n) is 0. The molecular weight excluding hydrogens is 206 g/mol. The van der Waals surface area contributed by atoms with E-state index >= 15 is 0 Å². The van der Waals surface area contributed by atoms with Gasteiger partial charge in [-0.05, 0) is 0 Å². The molecule has 0 bridgehead atoms. The van der Waals surface area contributed by atoms with Crippen LogP contribution in [0.1, 0.15) is 0 Å². The Bertz CT molecular complexity index is 6.00. The number of halogens is 1. The summed E-state index contributed by atoms with van der Waals surface area (Å²) >= 11 is 0. The van der Waals surface area contributed by atoms with Gasteiger partial charge in [0, 0.05) is 0 Å². The summed E-state index contributed by atoms with van der Waals surface area (Å²) in [5.41, 5.74) is 0. The summed E-state index contributed by atoms with van der Waals surface area (Å²) in [4.78, 5) is 0. The van der Waals surface area contributed by atoms with E-state index in [1.165, 1.54) is 0 Å². The van der Waals surface area contributed by atoms with Crippen molar-refractivity contribution in [1.29, 1.82) is 0 Å². The maximum absolute atomic E-state index is 0. The predicted molar refractivity (Wildman–Crippen MR) is 4.16 cm³/mol. The largest absolute Gasteiger partial charge is 3.00 e. The van der Waals surface area contributed by atoms with Gasteiger partial charge in [0.05, 0.1) is 12.4 Å². The van der Waals surface area contributed by atoms with Crippen LogP contribution in [0.3, 0.4) is 0 Å². The molecule has 0 aromatic rings. The molecule has 0 N–H and O–H groups in total. The Kier molecular flexibility index (Phi) is 344. The molecule has 0 fully saturated rings. The molecule has 0 saturated heterocycles. The molecule has 0 aliphatic rings. The zero-order valence-corrected chi connectivity index (χ0v) is 6.36. The summed E-state index contributed by atoms with van der Waals surface area (Å²) in [7, 11) is 0. The zero-order valence-electron chi connectivity index (χ0n) is 1.84. The molecule has 0 aromatic heterocycles. The van der Waals surface area contributed by atoms with Gasteiger partial charge in [0.2, 0.25) is 0 Å². The number of hydrogen-bond donors (Lipinski definition) is 0. The van der Waals surface area contributed by atoms with Crippen molar-refractivity contribution in [2.24, 2.45) is 0 Å². The third-order valence-electron chi connectivity index (χ3n) is 0. The molecule has 0 unspecified atom stereocenters. The molecule has 0 spiro atoms. The third-order valence-corrected chi connectivity index (χ3v) is 0. The second kappa shape index (κ2) is 25.9. The average molecular weight is 208 g/mol. The first-order chi connectivity index (χ1) is 0. The van der Waals surface area contributed by atoms with E-state index in [0.717, 1.165) is 0 Å². The van der Waals surface area contributed by atoms with Gasteiger partial charge < -0.3 is 11.0 Å². The van der Waals surface area contributed by atoms with Crippen molar-refractivity contribution in [2.45, 2.75) is 0 Å². The van der Waals surface area contributed by atoms with Gasteiger partial charge in [-0.1, -0.05) is 0 Å². The van der Waals surface area contributed by atoms with E-state index in [1.807, 2.05) is 0 Å². The minimum atomic E-state index is 0. The molecule has 0 aromatic carbocycles. The fourth-order valence-corrected chi connectivity index (χ4v) is 0. The topological polar surface area (TPSA) is 57.0 Å². The molecule has 4 heavy (non-hydrogen) atoms. The summed E-state index contributed by atoms with van der Waals surface area (Å²) in [6.45, 7) is 0. The maximum atomic E-state index is 0. The van der Waals surface area contributed by atoms with Gasteiger partial charge in [-0.2, -0.15) is 0 Å². The molecule has 0 atom stereocenters. The van der Waals surface area contributed by atoms with Crippen LogP contribution in [0.25, 0.3) is 0 Å². The Hall–Kier alpha value is 1.40. The minimum Gasteiger partial charge on any atom is -2.00 e. The molecule has 0 aliphatic heterocycles. The fraction of sp³-hybridized carbons (Fsp3) is 0. The van der Waals surface area contributed by atoms with Crippen LogP contribution in [-0.4, -0.2) is 0 Å². The Morgan fingerprint density at radius 1 is 0.750 bits per heavy atom. The van der Waals surface area contributed by atoms with Crippen LogP contribution in [-0.2, 0) is 11.0 Å². The quantitative estimate of drug-likeness (QED) is 0.502. The first-order valence-electron chi connectivity index (χ1n) is 0. The van der Waals surface area contributed by atoms with Crippen molar-refractivity contribution in [3.63, 3.8) is 0 Å². The van der Waals surface area contributed by atoms with E-state index in [2.05, 4.69) is 0 Å². The Labute approximate surface area is 58.6 Å². The maximum Gasteiger partial charge on any atom is 3.00 e. The summed E-state index contributed by atoms with van der Waals surface area (Å²) in [6.07, 6.45) is 0. The molecule has 0 aliphatic carbocycles. The van der Waals surface area contributed by atoms with Crippen LogP contribution < -0.4 is 0 Å². The van der Waals surface area contributed by atoms with Crippen LogP contribution in [0.15, 0.2) is 0 Å². The third kappa shape index (κ3) is 9.98. The van der Waals surface area contributed by atoms with E-state index in [4.69, 9.17) is 0 Å². The zero-order chi connectivity index (χ0) is 0. The molecule has 2 nitrogen and oxygen atoms in total. The first kappa shape index (κ1) is 53.1. The van der Waals surface area contributed by atoms with Crippen molar-refractivity contribution >= 4 is 0 Å². The second-order valence-corrected chi connectivity index (χ2v) is 0. The smallest absolute Gasteiger partial charge is 2.00 e. The summed E-state index contributed by atoms with van der Waals surface area (Å²) in [5, 5.41) is 0. The van der Waals surface area contributed by atoms with Crippen molar-refractivity contribution in [1.82, 2.24) is 0 Å². The van der Waals surface area contributed by atoms with Crippen LogP contribution in [0, 0.1) is 48.0 Å². The standard InChI is InChI=1S/ClH2.La.2O/h1H2;;;/q+1;+3;2*-2. The van der Waals surface area contributed by atoms with Crippen molar-refractivity contribution < 1.29 is 59.0 Å². The summed E-state index contributed by atoms with van der Waals surface area (Å²) in [5.74, 6) is 0. The van der Waals surface area contributed by atoms with E-state index in [0.29, 0.717) is 0 Å². The monoisotopic (exact) mass is 208 g/mol. The molecule has 0 rings (SSSR count). The summed E-state index contributed by atoms with van der Waals surface area (Å²) < 4.78 is 0. The van der Waals surface area contributed by atoms with E-state index in [1.54, 1.807) is 0 Å². The molecule has 4 heteroatoms. The Balaban J connectivity index is 0. The average Bonchev–Trinajstić information content (AvgIpc) is 0. The van der Waals surface area contributed by atoms with Gasteiger partial charge in [0.1, 0.15) is 0 Å².